The number of carboxylic acids is 1. The van der Waals surface area contributed by atoms with Crippen LogP contribution >= 0.6 is 0 Å². The second-order valence-corrected chi connectivity index (χ2v) is 21.1. The van der Waals surface area contributed by atoms with Crippen molar-refractivity contribution in [1.29, 1.82) is 0 Å². The summed E-state index contributed by atoms with van der Waals surface area (Å²) in [6.45, 7) is 14.4. The molecule has 294 valence electrons. The lowest BCUT2D eigenvalue weighted by Gasteiger charge is -2.72. The van der Waals surface area contributed by atoms with Crippen molar-refractivity contribution < 1.29 is 36.3 Å². The molecule has 9 atom stereocenters. The van der Waals surface area contributed by atoms with E-state index in [1.807, 2.05) is 12.1 Å². The van der Waals surface area contributed by atoms with Crippen LogP contribution < -0.4 is 10.6 Å². The number of amides is 1. The zero-order valence-corrected chi connectivity index (χ0v) is 32.8. The molecule has 1 heterocycles. The van der Waals surface area contributed by atoms with Crippen LogP contribution in [0.25, 0.3) is 5.57 Å². The van der Waals surface area contributed by atoms with Crippen LogP contribution in [0, 0.1) is 45.3 Å². The monoisotopic (exact) mass is 761 g/mol. The molecule has 53 heavy (non-hydrogen) atoms. The summed E-state index contributed by atoms with van der Waals surface area (Å²) in [5, 5.41) is 15.8. The maximum absolute atomic E-state index is 13.7. The summed E-state index contributed by atoms with van der Waals surface area (Å²) in [7, 11) is -3.00. The molecule has 1 aliphatic heterocycles. The largest absolute Gasteiger partial charge is 0.478 e. The number of halogens is 3. The molecule has 5 fully saturated rings. The SMILES string of the molecule is CC1(C)C(c2ccc(C(=O)O)cc2)=CC[C@]2(C)[C@H]3CC[C@@H]4C5[C@H](NC(=O)C(F)(F)F)CCC5(NCCN5CCS(=O)(=O)CC5)CC[C@@]4(C)[C@]3(C)CC[C@@H]12. The zero-order chi connectivity index (χ0) is 38.4. The van der Waals surface area contributed by atoms with Crippen molar-refractivity contribution in [1.82, 2.24) is 15.5 Å². The summed E-state index contributed by atoms with van der Waals surface area (Å²) in [6.07, 6.45) is 5.36. The number of carbonyl (C=O) groups is 2. The van der Waals surface area contributed by atoms with E-state index in [4.69, 9.17) is 0 Å². The Bertz CT molecular complexity index is 1750. The molecule has 12 heteroatoms. The smallest absolute Gasteiger partial charge is 0.471 e. The number of hydrogen-bond acceptors (Lipinski definition) is 6. The van der Waals surface area contributed by atoms with E-state index in [-0.39, 0.29) is 56.1 Å². The average molecular weight is 762 g/mol. The van der Waals surface area contributed by atoms with Crippen molar-refractivity contribution in [3.8, 4) is 0 Å². The number of carbonyl (C=O) groups excluding carboxylic acids is 1. The summed E-state index contributed by atoms with van der Waals surface area (Å²) in [5.74, 6) is -1.65. The first-order valence-electron chi connectivity index (χ1n) is 19.8. The normalized spacial score (nSPS) is 40.5. The van der Waals surface area contributed by atoms with Gasteiger partial charge in [0.05, 0.1) is 17.1 Å². The van der Waals surface area contributed by atoms with E-state index >= 15 is 0 Å². The lowest BCUT2D eigenvalue weighted by atomic mass is 9.33. The molecular formula is C41H58F3N3O5S. The van der Waals surface area contributed by atoms with Crippen LogP contribution in [-0.4, -0.2) is 85.7 Å². The number of nitrogens with one attached hydrogen (secondary N) is 2. The Kier molecular flexibility index (Phi) is 9.57. The van der Waals surface area contributed by atoms with E-state index in [1.54, 1.807) is 12.1 Å². The molecule has 0 bridgehead atoms. The van der Waals surface area contributed by atoms with Crippen molar-refractivity contribution >= 4 is 27.3 Å². The molecule has 0 radical (unpaired) electrons. The Labute approximate surface area is 313 Å². The van der Waals surface area contributed by atoms with Gasteiger partial charge < -0.3 is 20.6 Å². The number of benzene rings is 1. The highest BCUT2D eigenvalue weighted by Crippen LogP contribution is 2.76. The highest BCUT2D eigenvalue weighted by molar-refractivity contribution is 7.91. The quantitative estimate of drug-likeness (QED) is 0.275. The molecule has 1 saturated heterocycles. The van der Waals surface area contributed by atoms with Crippen LogP contribution in [0.3, 0.4) is 0 Å². The Morgan fingerprint density at radius 3 is 2.21 bits per heavy atom. The van der Waals surface area contributed by atoms with Gasteiger partial charge in [0.1, 0.15) is 0 Å². The highest BCUT2D eigenvalue weighted by Gasteiger charge is 2.70. The van der Waals surface area contributed by atoms with Gasteiger partial charge in [-0.3, -0.25) is 4.79 Å². The Hall–Kier alpha value is -2.44. The molecule has 0 spiro atoms. The van der Waals surface area contributed by atoms with Gasteiger partial charge in [0, 0.05) is 43.7 Å². The second kappa shape index (κ2) is 13.1. The molecule has 1 aromatic rings. The van der Waals surface area contributed by atoms with Gasteiger partial charge in [-0.2, -0.15) is 13.2 Å². The lowest BCUT2D eigenvalue weighted by Crippen LogP contribution is -2.69. The first-order chi connectivity index (χ1) is 24.7. The third-order valence-corrected chi connectivity index (χ3v) is 18.0. The summed E-state index contributed by atoms with van der Waals surface area (Å²) in [6, 6.07) is 6.68. The van der Waals surface area contributed by atoms with Gasteiger partial charge in [-0.05, 0) is 120 Å². The van der Waals surface area contributed by atoms with E-state index in [0.717, 1.165) is 50.5 Å². The zero-order valence-electron chi connectivity index (χ0n) is 31.9. The number of alkyl halides is 3. The molecule has 4 saturated carbocycles. The van der Waals surface area contributed by atoms with Gasteiger partial charge in [-0.15, -0.1) is 0 Å². The topological polar surface area (TPSA) is 116 Å². The predicted octanol–water partition coefficient (Wildman–Crippen LogP) is 6.96. The van der Waals surface area contributed by atoms with E-state index in [2.05, 4.69) is 56.2 Å². The Balaban J connectivity index is 1.17. The second-order valence-electron chi connectivity index (χ2n) is 18.8. The fraction of sp³-hybridized carbons (Fsp3) is 0.756. The maximum Gasteiger partial charge on any atom is 0.471 e. The fourth-order valence-electron chi connectivity index (χ4n) is 13.6. The minimum atomic E-state index is -4.94. The van der Waals surface area contributed by atoms with Crippen molar-refractivity contribution in [2.24, 2.45) is 45.3 Å². The standard InChI is InChI=1S/C41H58F3N3O5S/c1-36(2)28(26-6-8-27(9-7-26)34(48)49)12-15-37(3)31(36)14-16-39(5)32(37)11-10-29-33-30(46-35(50)41(42,43)44)13-17-40(33,19-18-38(29,39)4)45-20-21-47-22-24-53(51,52)25-23-47/h6-9,12,29-33,45H,10-11,13-25H2,1-5H3,(H,46,50)(H,48,49)/t29-,30-,31+,32-,33?,37+,38-,39-,40?/m1/s1. The first kappa shape index (κ1) is 38.8. The molecule has 8 nitrogen and oxygen atoms in total. The number of fused-ring (bicyclic) bond motifs is 7. The minimum Gasteiger partial charge on any atom is -0.478 e. The van der Waals surface area contributed by atoms with E-state index in [1.165, 1.54) is 5.57 Å². The maximum atomic E-state index is 13.7. The molecular weight excluding hydrogens is 704 g/mol. The van der Waals surface area contributed by atoms with Gasteiger partial charge >= 0.3 is 18.1 Å². The van der Waals surface area contributed by atoms with E-state index in [9.17, 15) is 36.3 Å². The Morgan fingerprint density at radius 2 is 1.57 bits per heavy atom. The van der Waals surface area contributed by atoms with E-state index in [0.29, 0.717) is 50.9 Å². The van der Waals surface area contributed by atoms with Crippen LogP contribution in [0.2, 0.25) is 0 Å². The molecule has 2 unspecified atom stereocenters. The van der Waals surface area contributed by atoms with Crippen molar-refractivity contribution in [2.45, 2.75) is 110 Å². The van der Waals surface area contributed by atoms with Crippen molar-refractivity contribution in [2.75, 3.05) is 37.7 Å². The number of rotatable bonds is 7. The van der Waals surface area contributed by atoms with Gasteiger partial charge in [0.25, 0.3) is 0 Å². The fourth-order valence-corrected chi connectivity index (χ4v) is 14.9. The Morgan fingerprint density at radius 1 is 0.887 bits per heavy atom. The number of carboxylic acid groups (broad SMARTS) is 1. The number of sulfone groups is 1. The highest BCUT2D eigenvalue weighted by atomic mass is 32.2. The third kappa shape index (κ3) is 6.28. The number of allylic oxidation sites excluding steroid dienone is 2. The summed E-state index contributed by atoms with van der Waals surface area (Å²) >= 11 is 0. The summed E-state index contributed by atoms with van der Waals surface area (Å²) in [5.41, 5.74) is 1.93. The summed E-state index contributed by atoms with van der Waals surface area (Å²) in [4.78, 5) is 26.2. The van der Waals surface area contributed by atoms with Crippen LogP contribution in [0.5, 0.6) is 0 Å². The molecule has 0 aromatic heterocycles. The number of hydrogen-bond donors (Lipinski definition) is 3. The predicted molar refractivity (Wildman–Crippen MR) is 199 cm³/mol. The number of aromatic carboxylic acids is 1. The minimum absolute atomic E-state index is 0.0171. The van der Waals surface area contributed by atoms with Gasteiger partial charge in [0.15, 0.2) is 9.84 Å². The van der Waals surface area contributed by atoms with E-state index < -0.39 is 33.9 Å². The van der Waals surface area contributed by atoms with Crippen LogP contribution in [-0.2, 0) is 14.6 Å². The molecule has 1 aromatic carbocycles. The van der Waals surface area contributed by atoms with Gasteiger partial charge in [-0.1, -0.05) is 52.8 Å². The van der Waals surface area contributed by atoms with Crippen molar-refractivity contribution in [3.63, 3.8) is 0 Å². The molecule has 1 amide bonds. The van der Waals surface area contributed by atoms with Gasteiger partial charge in [-0.25, -0.2) is 13.2 Å². The van der Waals surface area contributed by atoms with Crippen molar-refractivity contribution in [3.05, 3.63) is 41.5 Å². The average Bonchev–Trinajstić information content (AvgIpc) is 3.43. The first-order valence-corrected chi connectivity index (χ1v) is 21.6. The third-order valence-electron chi connectivity index (χ3n) is 16.4. The molecule has 3 N–H and O–H groups in total. The van der Waals surface area contributed by atoms with Crippen LogP contribution in [0.4, 0.5) is 13.2 Å². The molecule has 7 rings (SSSR count). The summed E-state index contributed by atoms with van der Waals surface area (Å²) < 4.78 is 65.2. The lowest BCUT2D eigenvalue weighted by molar-refractivity contribution is -0.219. The molecule has 5 aliphatic carbocycles. The molecule has 6 aliphatic rings. The van der Waals surface area contributed by atoms with Gasteiger partial charge in [0.2, 0.25) is 0 Å². The van der Waals surface area contributed by atoms with Crippen LogP contribution in [0.15, 0.2) is 30.3 Å². The van der Waals surface area contributed by atoms with Crippen LogP contribution in [0.1, 0.15) is 108 Å². The number of nitrogens with zero attached hydrogens (tertiary/aromatic N) is 1.